The van der Waals surface area contributed by atoms with E-state index in [0.29, 0.717) is 16.8 Å². The fourth-order valence-corrected chi connectivity index (χ4v) is 3.11. The summed E-state index contributed by atoms with van der Waals surface area (Å²) in [7, 11) is 1.32. The van der Waals surface area contributed by atoms with E-state index < -0.39 is 5.97 Å². The van der Waals surface area contributed by atoms with Gasteiger partial charge in [0.25, 0.3) is 5.91 Å². The largest absolute Gasteiger partial charge is 0.465 e. The molecule has 1 unspecified atom stereocenters. The first-order chi connectivity index (χ1) is 13.6. The molecule has 6 nitrogen and oxygen atoms in total. The van der Waals surface area contributed by atoms with Crippen molar-refractivity contribution < 1.29 is 17.2 Å². The highest BCUT2D eigenvalue weighted by Crippen LogP contribution is 2.37. The van der Waals surface area contributed by atoms with E-state index in [1.54, 1.807) is 24.3 Å². The summed E-state index contributed by atoms with van der Waals surface area (Å²) in [5.41, 5.74) is 4.58. The number of fused-ring (bicyclic) bond motifs is 1. The van der Waals surface area contributed by atoms with E-state index >= 15 is 0 Å². The Morgan fingerprint density at radius 3 is 2.29 bits per heavy atom. The standard InChI is InChI=1S/C22H19N3O3.2H2/c1-28-22(27)16-9-7-15(8-10-16)21(26)23-17-11-12-18-19(13-17)25-20(24-18)14-5-3-2-4-6-14;;/h2-13,20,24-25H,1H3,(H,23,26);2*1H. The van der Waals surface area contributed by atoms with Crippen LogP contribution in [0.4, 0.5) is 17.1 Å². The second kappa shape index (κ2) is 7.44. The predicted octanol–water partition coefficient (Wildman–Crippen LogP) is 4.75. The molecule has 0 spiro atoms. The van der Waals surface area contributed by atoms with E-state index in [0.717, 1.165) is 16.9 Å². The number of carbonyl (C=O) groups excluding carboxylic acids is 2. The van der Waals surface area contributed by atoms with Crippen LogP contribution in [0, 0.1) is 0 Å². The quantitative estimate of drug-likeness (QED) is 0.572. The number of carbonyl (C=O) groups is 2. The van der Waals surface area contributed by atoms with E-state index in [1.807, 2.05) is 36.4 Å². The van der Waals surface area contributed by atoms with Gasteiger partial charge in [-0.3, -0.25) is 4.79 Å². The molecule has 3 N–H and O–H groups in total. The van der Waals surface area contributed by atoms with Gasteiger partial charge >= 0.3 is 5.97 Å². The molecule has 0 saturated carbocycles. The highest BCUT2D eigenvalue weighted by molar-refractivity contribution is 6.05. The van der Waals surface area contributed by atoms with Crippen LogP contribution < -0.4 is 16.0 Å². The molecular weight excluding hydrogens is 354 g/mol. The maximum Gasteiger partial charge on any atom is 0.337 e. The highest BCUT2D eigenvalue weighted by Gasteiger charge is 2.21. The number of benzene rings is 3. The van der Waals surface area contributed by atoms with Gasteiger partial charge in [0, 0.05) is 14.1 Å². The second-order valence-electron chi connectivity index (χ2n) is 6.42. The minimum absolute atomic E-state index is 0. The minimum atomic E-state index is -0.433. The fourth-order valence-electron chi connectivity index (χ4n) is 3.11. The summed E-state index contributed by atoms with van der Waals surface area (Å²) in [5, 5.41) is 9.72. The first kappa shape index (κ1) is 17.6. The number of hydrogen-bond donors (Lipinski definition) is 3. The first-order valence-corrected chi connectivity index (χ1v) is 8.86. The summed E-state index contributed by atoms with van der Waals surface area (Å²) in [6, 6.07) is 22.1. The molecule has 0 fully saturated rings. The van der Waals surface area contributed by atoms with E-state index in [4.69, 9.17) is 0 Å². The molecule has 3 aromatic carbocycles. The normalized spacial score (nSPS) is 14.4. The lowest BCUT2D eigenvalue weighted by atomic mass is 10.1. The molecule has 0 aromatic heterocycles. The van der Waals surface area contributed by atoms with Gasteiger partial charge < -0.3 is 20.7 Å². The maximum absolute atomic E-state index is 12.5. The van der Waals surface area contributed by atoms with Gasteiger partial charge in [0.1, 0.15) is 6.17 Å². The first-order valence-electron chi connectivity index (χ1n) is 8.86. The minimum Gasteiger partial charge on any atom is -0.465 e. The summed E-state index contributed by atoms with van der Waals surface area (Å²) in [6.07, 6.45) is -0.00647. The molecule has 144 valence electrons. The van der Waals surface area contributed by atoms with Gasteiger partial charge in [-0.15, -0.1) is 0 Å². The Morgan fingerprint density at radius 2 is 1.57 bits per heavy atom. The average molecular weight is 377 g/mol. The van der Waals surface area contributed by atoms with Crippen LogP contribution in [0.15, 0.2) is 72.8 Å². The summed E-state index contributed by atoms with van der Waals surface area (Å²) >= 11 is 0. The number of rotatable bonds is 4. The molecule has 0 bridgehead atoms. The van der Waals surface area contributed by atoms with Crippen molar-refractivity contribution in [1.82, 2.24) is 0 Å². The number of ether oxygens (including phenoxy) is 1. The lowest BCUT2D eigenvalue weighted by Crippen LogP contribution is -2.12. The number of hydrogen-bond acceptors (Lipinski definition) is 5. The SMILES string of the molecule is COC(=O)c1ccc(C(=O)Nc2ccc3c(c2)NC(c2ccccc2)N3)cc1.[HH].[HH]. The molecule has 0 aliphatic carbocycles. The molecular formula is C22H23N3O3. The highest BCUT2D eigenvalue weighted by atomic mass is 16.5. The molecule has 1 heterocycles. The monoisotopic (exact) mass is 377 g/mol. The summed E-state index contributed by atoms with van der Waals surface area (Å²) < 4.78 is 4.66. The van der Waals surface area contributed by atoms with Crippen LogP contribution in [0.25, 0.3) is 0 Å². The zero-order chi connectivity index (χ0) is 19.5. The Hall–Kier alpha value is -3.80. The summed E-state index contributed by atoms with van der Waals surface area (Å²) in [5.74, 6) is -0.681. The lowest BCUT2D eigenvalue weighted by Gasteiger charge is -2.12. The Balaban J connectivity index is 0.00000160. The van der Waals surface area contributed by atoms with Crippen LogP contribution in [0.5, 0.6) is 0 Å². The maximum atomic E-state index is 12.5. The second-order valence-corrected chi connectivity index (χ2v) is 6.42. The Bertz CT molecular complexity index is 1030. The number of esters is 1. The average Bonchev–Trinajstić information content (AvgIpc) is 3.17. The number of anilines is 3. The third kappa shape index (κ3) is 3.53. The van der Waals surface area contributed by atoms with Gasteiger partial charge in [0.2, 0.25) is 0 Å². The number of nitrogens with one attached hydrogen (secondary N) is 3. The molecule has 3 aromatic rings. The van der Waals surface area contributed by atoms with E-state index in [1.165, 1.54) is 7.11 Å². The molecule has 4 rings (SSSR count). The van der Waals surface area contributed by atoms with Crippen molar-refractivity contribution in [2.24, 2.45) is 0 Å². The van der Waals surface area contributed by atoms with E-state index in [9.17, 15) is 9.59 Å². The van der Waals surface area contributed by atoms with Gasteiger partial charge in [0.15, 0.2) is 0 Å². The fraction of sp³-hybridized carbons (Fsp3) is 0.0909. The summed E-state index contributed by atoms with van der Waals surface area (Å²) in [6.45, 7) is 0. The van der Waals surface area contributed by atoms with Gasteiger partial charge in [-0.2, -0.15) is 0 Å². The molecule has 28 heavy (non-hydrogen) atoms. The molecule has 0 radical (unpaired) electrons. The van der Waals surface area contributed by atoms with E-state index in [-0.39, 0.29) is 14.9 Å². The predicted molar refractivity (Wildman–Crippen MR) is 113 cm³/mol. The number of amides is 1. The summed E-state index contributed by atoms with van der Waals surface area (Å²) in [4.78, 5) is 24.0. The van der Waals surface area contributed by atoms with Gasteiger partial charge in [-0.1, -0.05) is 30.3 Å². The molecule has 6 heteroatoms. The van der Waals surface area contributed by atoms with E-state index in [2.05, 4.69) is 32.8 Å². The van der Waals surface area contributed by atoms with Crippen molar-refractivity contribution in [2.75, 3.05) is 23.1 Å². The Labute approximate surface area is 165 Å². The van der Waals surface area contributed by atoms with Crippen LogP contribution in [0.2, 0.25) is 0 Å². The topological polar surface area (TPSA) is 79.5 Å². The number of methoxy groups -OCH3 is 1. The molecule has 1 amide bonds. The van der Waals surface area contributed by atoms with Gasteiger partial charge in [-0.25, -0.2) is 4.79 Å². The van der Waals surface area contributed by atoms with Gasteiger partial charge in [-0.05, 0) is 48.0 Å². The molecule has 1 aliphatic heterocycles. The zero-order valence-corrected chi connectivity index (χ0v) is 15.2. The Kier molecular flexibility index (Phi) is 4.68. The van der Waals surface area contributed by atoms with Crippen molar-refractivity contribution in [1.29, 1.82) is 0 Å². The molecule has 1 aliphatic rings. The Morgan fingerprint density at radius 1 is 0.893 bits per heavy atom. The molecule has 0 saturated heterocycles. The molecule has 1 atom stereocenters. The van der Waals surface area contributed by atoms with Crippen LogP contribution in [0.3, 0.4) is 0 Å². The van der Waals surface area contributed by atoms with Crippen molar-refractivity contribution in [3.05, 3.63) is 89.5 Å². The van der Waals surface area contributed by atoms with Crippen LogP contribution in [-0.2, 0) is 4.74 Å². The van der Waals surface area contributed by atoms with Crippen LogP contribution in [-0.4, -0.2) is 19.0 Å². The van der Waals surface area contributed by atoms with Crippen molar-refractivity contribution in [2.45, 2.75) is 6.17 Å². The third-order valence-electron chi connectivity index (χ3n) is 4.58. The van der Waals surface area contributed by atoms with Crippen molar-refractivity contribution >= 4 is 28.9 Å². The van der Waals surface area contributed by atoms with Crippen molar-refractivity contribution in [3.8, 4) is 0 Å². The zero-order valence-electron chi connectivity index (χ0n) is 15.2. The smallest absolute Gasteiger partial charge is 0.337 e. The van der Waals surface area contributed by atoms with Crippen LogP contribution in [0.1, 0.15) is 35.3 Å². The van der Waals surface area contributed by atoms with Crippen molar-refractivity contribution in [3.63, 3.8) is 0 Å². The van der Waals surface area contributed by atoms with Gasteiger partial charge in [0.05, 0.1) is 24.0 Å². The third-order valence-corrected chi connectivity index (χ3v) is 4.58. The lowest BCUT2D eigenvalue weighted by molar-refractivity contribution is 0.0600. The van der Waals surface area contributed by atoms with Crippen LogP contribution >= 0.6 is 0 Å².